The van der Waals surface area contributed by atoms with Gasteiger partial charge in [-0.05, 0) is 66.5 Å². The molecule has 4 nitrogen and oxygen atoms in total. The lowest BCUT2D eigenvalue weighted by Crippen LogP contribution is -2.32. The van der Waals surface area contributed by atoms with Gasteiger partial charge in [-0.3, -0.25) is 0 Å². The molecule has 0 saturated carbocycles. The predicted molar refractivity (Wildman–Crippen MR) is 135 cm³/mol. The number of hydrogen-bond acceptors (Lipinski definition) is 3. The van der Waals surface area contributed by atoms with Crippen LogP contribution in [0.5, 0.6) is 0 Å². The lowest BCUT2D eigenvalue weighted by atomic mass is 10.1. The van der Waals surface area contributed by atoms with Crippen molar-refractivity contribution in [2.24, 2.45) is 3.77 Å². The molecule has 0 amide bonds. The largest absolute Gasteiger partial charge is 0.307 e. The summed E-state index contributed by atoms with van der Waals surface area (Å²) in [5.74, 6) is 0.522. The second-order valence-electron chi connectivity index (χ2n) is 8.13. The van der Waals surface area contributed by atoms with E-state index in [-0.39, 0.29) is 17.0 Å². The van der Waals surface area contributed by atoms with Crippen LogP contribution in [0.2, 0.25) is 5.02 Å². The molecule has 0 unspecified atom stereocenters. The Hall–Kier alpha value is -1.99. The third-order valence-corrected chi connectivity index (χ3v) is 9.02. The maximum Gasteiger partial charge on any atom is 0.288 e. The summed E-state index contributed by atoms with van der Waals surface area (Å²) in [6.45, 7) is 8.10. The van der Waals surface area contributed by atoms with Gasteiger partial charge in [0.05, 0.1) is 4.90 Å². The normalized spacial score (nSPS) is 13.9. The minimum Gasteiger partial charge on any atom is -0.307 e. The second kappa shape index (κ2) is 10.8. The molecule has 1 N–H and O–H groups in total. The van der Waals surface area contributed by atoms with Gasteiger partial charge in [-0.15, -0.1) is 3.77 Å². The molecule has 0 radical (unpaired) electrons. The van der Waals surface area contributed by atoms with E-state index in [0.29, 0.717) is 10.8 Å². The van der Waals surface area contributed by atoms with Crippen LogP contribution in [0.15, 0.2) is 86.4 Å². The summed E-state index contributed by atoms with van der Waals surface area (Å²) in [6, 6.07) is 22.6. The Labute approximate surface area is 199 Å². The van der Waals surface area contributed by atoms with Crippen LogP contribution < -0.4 is 5.32 Å². The topological polar surface area (TPSA) is 58.5 Å². The smallest absolute Gasteiger partial charge is 0.288 e. The summed E-state index contributed by atoms with van der Waals surface area (Å²) in [6.07, 6.45) is 0. The van der Waals surface area contributed by atoms with Crippen molar-refractivity contribution in [3.05, 3.63) is 94.5 Å². The fourth-order valence-corrected chi connectivity index (χ4v) is 6.97. The highest BCUT2D eigenvalue weighted by atomic mass is 35.5. The van der Waals surface area contributed by atoms with E-state index in [1.807, 2.05) is 62.4 Å². The maximum absolute atomic E-state index is 13.2. The molecule has 0 heterocycles. The van der Waals surface area contributed by atoms with Gasteiger partial charge in [-0.25, -0.2) is 0 Å². The summed E-state index contributed by atoms with van der Waals surface area (Å²) >= 11 is 6.09. The summed E-state index contributed by atoms with van der Waals surface area (Å²) in [7, 11) is -4.69. The van der Waals surface area contributed by atoms with Crippen molar-refractivity contribution < 1.29 is 8.42 Å². The molecule has 0 saturated heterocycles. The molecule has 0 bridgehead atoms. The maximum atomic E-state index is 13.2. The number of hydrogen-bond donors (Lipinski definition) is 1. The van der Waals surface area contributed by atoms with Gasteiger partial charge in [0.2, 0.25) is 0 Å². The third kappa shape index (κ3) is 6.75. The number of aryl methyl sites for hydroxylation is 2. The zero-order valence-electron chi connectivity index (χ0n) is 18.7. The fraction of sp³-hybridized carbons (Fsp3) is 0.280. The Bertz CT molecular complexity index is 1170. The lowest BCUT2D eigenvalue weighted by molar-refractivity contribution is 0.511. The van der Waals surface area contributed by atoms with E-state index in [9.17, 15) is 8.42 Å². The number of rotatable bonds is 8. The molecule has 0 spiro atoms. The summed E-state index contributed by atoms with van der Waals surface area (Å²) < 4.78 is 30.8. The van der Waals surface area contributed by atoms with Crippen LogP contribution in [0.25, 0.3) is 0 Å². The molecule has 170 valence electrons. The zero-order chi connectivity index (χ0) is 23.3. The van der Waals surface area contributed by atoms with E-state index >= 15 is 0 Å². The number of benzene rings is 3. The van der Waals surface area contributed by atoms with E-state index in [1.165, 1.54) is 0 Å². The highest BCUT2D eigenvalue weighted by Crippen LogP contribution is 2.24. The molecule has 3 aromatic rings. The van der Waals surface area contributed by atoms with Crippen LogP contribution in [0.3, 0.4) is 0 Å². The number of halogens is 1. The summed E-state index contributed by atoms with van der Waals surface area (Å²) in [5, 5.41) is 4.24. The standard InChI is InChI=1S/C25H29ClN2O2S2/c1-18(2)27-25(21-9-11-22(26)12-10-21)17-31(23-13-5-19(3)6-14-23)28-32(29,30)24-15-7-20(4)8-16-24/h5-16,18,25,27H,17H2,1-4H3/t25-,31-/m1/s1. The number of nitrogens with one attached hydrogen (secondary N) is 1. The molecular weight excluding hydrogens is 460 g/mol. The monoisotopic (exact) mass is 488 g/mol. The van der Waals surface area contributed by atoms with E-state index < -0.39 is 20.7 Å². The van der Waals surface area contributed by atoms with Crippen molar-refractivity contribution in [3.8, 4) is 0 Å². The first-order valence-electron chi connectivity index (χ1n) is 10.5. The van der Waals surface area contributed by atoms with Crippen molar-refractivity contribution in [1.29, 1.82) is 0 Å². The first-order chi connectivity index (χ1) is 15.1. The molecule has 0 aliphatic heterocycles. The highest BCUT2D eigenvalue weighted by Gasteiger charge is 2.20. The van der Waals surface area contributed by atoms with Gasteiger partial charge in [0, 0.05) is 27.8 Å². The molecular formula is C25H29ClN2O2S2. The van der Waals surface area contributed by atoms with Crippen molar-refractivity contribution in [2.75, 3.05) is 5.75 Å². The Morgan fingerprint density at radius 2 is 1.41 bits per heavy atom. The molecule has 0 aliphatic carbocycles. The molecule has 32 heavy (non-hydrogen) atoms. The fourth-order valence-electron chi connectivity index (χ4n) is 3.23. The van der Waals surface area contributed by atoms with Crippen LogP contribution in [0.4, 0.5) is 0 Å². The SMILES string of the molecule is Cc1ccc(/[S@@](C[C@@H](NC(C)C)c2ccc(Cl)cc2)=N/S(=O)(=O)c2ccc(C)cc2)cc1. The van der Waals surface area contributed by atoms with Gasteiger partial charge in [0.15, 0.2) is 0 Å². The predicted octanol–water partition coefficient (Wildman–Crippen LogP) is 6.25. The first-order valence-corrected chi connectivity index (χ1v) is 13.6. The van der Waals surface area contributed by atoms with Crippen molar-refractivity contribution in [3.63, 3.8) is 0 Å². The molecule has 3 aromatic carbocycles. The zero-order valence-corrected chi connectivity index (χ0v) is 21.1. The van der Waals surface area contributed by atoms with E-state index in [4.69, 9.17) is 11.6 Å². The highest BCUT2D eigenvalue weighted by molar-refractivity contribution is 8.00. The van der Waals surface area contributed by atoms with E-state index in [2.05, 4.69) is 22.9 Å². The van der Waals surface area contributed by atoms with Crippen molar-refractivity contribution in [2.45, 2.75) is 49.6 Å². The average Bonchev–Trinajstić information content (AvgIpc) is 2.74. The molecule has 2 atom stereocenters. The van der Waals surface area contributed by atoms with Gasteiger partial charge in [-0.1, -0.05) is 73.0 Å². The van der Waals surface area contributed by atoms with Gasteiger partial charge >= 0.3 is 0 Å². The Morgan fingerprint density at radius 1 is 0.875 bits per heavy atom. The minimum atomic E-state index is -3.81. The molecule has 0 fully saturated rings. The number of nitrogens with zero attached hydrogens (tertiary/aromatic N) is 1. The third-order valence-electron chi connectivity index (χ3n) is 4.93. The van der Waals surface area contributed by atoms with Crippen LogP contribution >= 0.6 is 11.6 Å². The average molecular weight is 489 g/mol. The van der Waals surface area contributed by atoms with Crippen LogP contribution in [0.1, 0.15) is 36.6 Å². The van der Waals surface area contributed by atoms with Crippen LogP contribution in [-0.2, 0) is 20.7 Å². The van der Waals surface area contributed by atoms with Gasteiger partial charge in [-0.2, -0.15) is 8.42 Å². The molecule has 0 aromatic heterocycles. The summed E-state index contributed by atoms with van der Waals surface area (Å²) in [5.41, 5.74) is 3.18. The molecule has 3 rings (SSSR count). The van der Waals surface area contributed by atoms with Crippen LogP contribution in [0, 0.1) is 13.8 Å². The quantitative estimate of drug-likeness (QED) is 0.408. The van der Waals surface area contributed by atoms with E-state index in [1.54, 1.807) is 24.3 Å². The lowest BCUT2D eigenvalue weighted by Gasteiger charge is -2.23. The summed E-state index contributed by atoms with van der Waals surface area (Å²) in [4.78, 5) is 1.11. The molecule has 7 heteroatoms. The van der Waals surface area contributed by atoms with Gasteiger partial charge in [0.1, 0.15) is 0 Å². The molecule has 0 aliphatic rings. The van der Waals surface area contributed by atoms with Crippen molar-refractivity contribution >= 4 is 32.3 Å². The Morgan fingerprint density at radius 3 is 1.94 bits per heavy atom. The number of sulfonamides is 1. The van der Waals surface area contributed by atoms with Gasteiger partial charge in [0.25, 0.3) is 10.0 Å². The Balaban J connectivity index is 2.06. The minimum absolute atomic E-state index is 0.0751. The van der Waals surface area contributed by atoms with Crippen LogP contribution in [-0.4, -0.2) is 20.2 Å². The first kappa shape index (κ1) is 24.6. The second-order valence-corrected chi connectivity index (χ2v) is 12.1. The van der Waals surface area contributed by atoms with Gasteiger partial charge < -0.3 is 5.32 Å². The Kier molecular flexibility index (Phi) is 8.28. The van der Waals surface area contributed by atoms with Crippen molar-refractivity contribution in [1.82, 2.24) is 5.32 Å². The van der Waals surface area contributed by atoms with E-state index in [0.717, 1.165) is 21.6 Å².